The van der Waals surface area contributed by atoms with E-state index in [1.165, 1.54) is 30.0 Å². The molecule has 8 heteroatoms. The first kappa shape index (κ1) is 18.2. The molecule has 0 spiro atoms. The number of nitrogens with zero attached hydrogens (tertiary/aromatic N) is 1. The van der Waals surface area contributed by atoms with Gasteiger partial charge in [0.1, 0.15) is 15.8 Å². The molecule has 1 fully saturated rings. The first-order valence-corrected chi connectivity index (χ1v) is 9.02. The summed E-state index contributed by atoms with van der Waals surface area (Å²) >= 11 is 6.46. The summed E-state index contributed by atoms with van der Waals surface area (Å²) in [5, 5.41) is 2.78. The molecule has 1 aromatic heterocycles. The second-order valence-corrected chi connectivity index (χ2v) is 7.02. The summed E-state index contributed by atoms with van der Waals surface area (Å²) in [4.78, 5) is 26.6. The molecule has 0 saturated carbocycles. The SMILES string of the molecule is COc1ccccc1NC(=O)CCN1C(=O)C(=Cc2ccco2)SC1=S. The third kappa shape index (κ3) is 4.14. The second kappa shape index (κ2) is 8.20. The van der Waals surface area contributed by atoms with Gasteiger partial charge in [-0.25, -0.2) is 0 Å². The van der Waals surface area contributed by atoms with Crippen LogP contribution in [0.2, 0.25) is 0 Å². The topological polar surface area (TPSA) is 71.8 Å². The summed E-state index contributed by atoms with van der Waals surface area (Å²) in [6.45, 7) is 0.209. The Balaban J connectivity index is 1.60. The number of rotatable bonds is 6. The molecule has 26 heavy (non-hydrogen) atoms. The largest absolute Gasteiger partial charge is 0.495 e. The van der Waals surface area contributed by atoms with E-state index < -0.39 is 0 Å². The highest BCUT2D eigenvalue weighted by atomic mass is 32.2. The van der Waals surface area contributed by atoms with Gasteiger partial charge in [-0.3, -0.25) is 14.5 Å². The van der Waals surface area contributed by atoms with Crippen molar-refractivity contribution in [1.29, 1.82) is 0 Å². The Hall–Kier alpha value is -2.58. The van der Waals surface area contributed by atoms with E-state index in [1.54, 1.807) is 36.4 Å². The van der Waals surface area contributed by atoms with Crippen molar-refractivity contribution >= 4 is 51.9 Å². The summed E-state index contributed by atoms with van der Waals surface area (Å²) in [7, 11) is 1.54. The molecular weight excluding hydrogens is 372 g/mol. The van der Waals surface area contributed by atoms with Crippen LogP contribution in [0.4, 0.5) is 5.69 Å². The summed E-state index contributed by atoms with van der Waals surface area (Å²) in [6, 6.07) is 10.6. The van der Waals surface area contributed by atoms with Gasteiger partial charge in [0.25, 0.3) is 5.91 Å². The molecule has 0 atom stereocenters. The zero-order valence-corrected chi connectivity index (χ0v) is 15.6. The minimum atomic E-state index is -0.224. The van der Waals surface area contributed by atoms with E-state index in [0.29, 0.717) is 26.4 Å². The quantitative estimate of drug-likeness (QED) is 0.603. The van der Waals surface area contributed by atoms with E-state index in [0.717, 1.165) is 0 Å². The molecule has 1 aliphatic heterocycles. The average molecular weight is 388 g/mol. The zero-order chi connectivity index (χ0) is 18.5. The molecule has 1 aliphatic rings. The van der Waals surface area contributed by atoms with Gasteiger partial charge in [-0.05, 0) is 24.3 Å². The van der Waals surface area contributed by atoms with Gasteiger partial charge in [-0.2, -0.15) is 0 Å². The molecule has 2 heterocycles. The molecule has 2 aromatic rings. The van der Waals surface area contributed by atoms with E-state index in [-0.39, 0.29) is 24.8 Å². The van der Waals surface area contributed by atoms with Gasteiger partial charge in [0.05, 0.1) is 24.0 Å². The second-order valence-electron chi connectivity index (χ2n) is 5.35. The van der Waals surface area contributed by atoms with Crippen LogP contribution in [0.25, 0.3) is 6.08 Å². The fourth-order valence-electron chi connectivity index (χ4n) is 2.37. The zero-order valence-electron chi connectivity index (χ0n) is 13.9. The first-order chi connectivity index (χ1) is 12.6. The number of hydrogen-bond donors (Lipinski definition) is 1. The van der Waals surface area contributed by atoms with Gasteiger partial charge in [-0.1, -0.05) is 36.1 Å². The summed E-state index contributed by atoms with van der Waals surface area (Å²) < 4.78 is 10.9. The number of thioether (sulfide) groups is 1. The van der Waals surface area contributed by atoms with Crippen LogP contribution in [-0.2, 0) is 9.59 Å². The van der Waals surface area contributed by atoms with Crippen molar-refractivity contribution in [2.75, 3.05) is 19.0 Å². The van der Waals surface area contributed by atoms with Gasteiger partial charge in [0, 0.05) is 19.0 Å². The molecular formula is C18H16N2O4S2. The molecule has 1 N–H and O–H groups in total. The lowest BCUT2D eigenvalue weighted by atomic mass is 10.2. The van der Waals surface area contributed by atoms with Crippen LogP contribution in [0, 0.1) is 0 Å². The fraction of sp³-hybridized carbons (Fsp3) is 0.167. The lowest BCUT2D eigenvalue weighted by Crippen LogP contribution is -2.31. The fourth-order valence-corrected chi connectivity index (χ4v) is 3.66. The number of thiocarbonyl (C=S) groups is 1. The van der Waals surface area contributed by atoms with Crippen LogP contribution in [-0.4, -0.2) is 34.7 Å². The van der Waals surface area contributed by atoms with Gasteiger partial charge in [0.15, 0.2) is 0 Å². The number of ether oxygens (including phenoxy) is 1. The van der Waals surface area contributed by atoms with E-state index in [4.69, 9.17) is 21.4 Å². The molecule has 0 aliphatic carbocycles. The van der Waals surface area contributed by atoms with Crippen molar-refractivity contribution in [3.63, 3.8) is 0 Å². The number of carbonyl (C=O) groups is 2. The van der Waals surface area contributed by atoms with Crippen LogP contribution in [0.15, 0.2) is 52.0 Å². The lowest BCUT2D eigenvalue weighted by Gasteiger charge is -2.14. The van der Waals surface area contributed by atoms with Crippen molar-refractivity contribution in [2.24, 2.45) is 0 Å². The number of carbonyl (C=O) groups excluding carboxylic acids is 2. The summed E-state index contributed by atoms with van der Waals surface area (Å²) in [5.74, 6) is 0.715. The Kier molecular flexibility index (Phi) is 5.75. The Bertz CT molecular complexity index is 862. The number of anilines is 1. The predicted molar refractivity (Wildman–Crippen MR) is 105 cm³/mol. The molecule has 0 bridgehead atoms. The monoisotopic (exact) mass is 388 g/mol. The van der Waals surface area contributed by atoms with Crippen molar-refractivity contribution in [3.05, 3.63) is 53.3 Å². The molecule has 134 valence electrons. The van der Waals surface area contributed by atoms with Crippen molar-refractivity contribution in [2.45, 2.75) is 6.42 Å². The van der Waals surface area contributed by atoms with Crippen LogP contribution in [0.1, 0.15) is 12.2 Å². The number of amides is 2. The molecule has 2 amide bonds. The van der Waals surface area contributed by atoms with Gasteiger partial charge >= 0.3 is 0 Å². The molecule has 0 unspecified atom stereocenters. The van der Waals surface area contributed by atoms with Gasteiger partial charge < -0.3 is 14.5 Å². The highest BCUT2D eigenvalue weighted by molar-refractivity contribution is 8.26. The number of methoxy groups -OCH3 is 1. The number of benzene rings is 1. The highest BCUT2D eigenvalue weighted by Gasteiger charge is 2.32. The molecule has 3 rings (SSSR count). The van der Waals surface area contributed by atoms with E-state index >= 15 is 0 Å². The van der Waals surface area contributed by atoms with Crippen molar-refractivity contribution < 1.29 is 18.7 Å². The van der Waals surface area contributed by atoms with Gasteiger partial charge in [0.2, 0.25) is 5.91 Å². The summed E-state index contributed by atoms with van der Waals surface area (Å²) in [6.07, 6.45) is 3.31. The molecule has 1 aromatic carbocycles. The normalized spacial score (nSPS) is 15.6. The lowest BCUT2D eigenvalue weighted by molar-refractivity contribution is -0.122. The van der Waals surface area contributed by atoms with Gasteiger partial charge in [-0.15, -0.1) is 0 Å². The number of furan rings is 1. The van der Waals surface area contributed by atoms with E-state index in [1.807, 2.05) is 6.07 Å². The van der Waals surface area contributed by atoms with Crippen molar-refractivity contribution in [1.82, 2.24) is 4.90 Å². The molecule has 6 nitrogen and oxygen atoms in total. The maximum Gasteiger partial charge on any atom is 0.266 e. The maximum absolute atomic E-state index is 12.5. The third-order valence-corrected chi connectivity index (χ3v) is 5.01. The maximum atomic E-state index is 12.5. The van der Waals surface area contributed by atoms with Crippen LogP contribution >= 0.6 is 24.0 Å². The standard InChI is InChI=1S/C18H16N2O4S2/c1-23-14-7-3-2-6-13(14)19-16(21)8-9-20-17(22)15(26-18(20)25)11-12-5-4-10-24-12/h2-7,10-11H,8-9H2,1H3,(H,19,21). The molecule has 0 radical (unpaired) electrons. The number of para-hydroxylation sites is 2. The predicted octanol–water partition coefficient (Wildman–Crippen LogP) is 3.52. The Morgan fingerprint density at radius 3 is 2.88 bits per heavy atom. The smallest absolute Gasteiger partial charge is 0.266 e. The minimum absolute atomic E-state index is 0.124. The average Bonchev–Trinajstić information content (AvgIpc) is 3.23. The number of nitrogens with one attached hydrogen (secondary N) is 1. The van der Waals surface area contributed by atoms with E-state index in [9.17, 15) is 9.59 Å². The first-order valence-electron chi connectivity index (χ1n) is 7.80. The Labute approximate surface area is 160 Å². The Morgan fingerprint density at radius 1 is 1.35 bits per heavy atom. The summed E-state index contributed by atoms with van der Waals surface area (Å²) in [5.41, 5.74) is 0.586. The minimum Gasteiger partial charge on any atom is -0.495 e. The van der Waals surface area contributed by atoms with E-state index in [2.05, 4.69) is 5.32 Å². The van der Waals surface area contributed by atoms with Crippen LogP contribution in [0.5, 0.6) is 5.75 Å². The Morgan fingerprint density at radius 2 is 2.15 bits per heavy atom. The van der Waals surface area contributed by atoms with Crippen molar-refractivity contribution in [3.8, 4) is 5.75 Å². The van der Waals surface area contributed by atoms with Crippen LogP contribution < -0.4 is 10.1 Å². The highest BCUT2D eigenvalue weighted by Crippen LogP contribution is 2.32. The molecule has 1 saturated heterocycles. The third-order valence-electron chi connectivity index (χ3n) is 3.63. The number of hydrogen-bond acceptors (Lipinski definition) is 6. The van der Waals surface area contributed by atoms with Crippen LogP contribution in [0.3, 0.4) is 0 Å².